The molecule has 21 heavy (non-hydrogen) atoms. The molecule has 114 valence electrons. The fourth-order valence-corrected chi connectivity index (χ4v) is 4.00. The maximum atomic E-state index is 12.2. The number of hydrogen-bond acceptors (Lipinski definition) is 3. The molecule has 5 nitrogen and oxygen atoms in total. The van der Waals surface area contributed by atoms with Crippen molar-refractivity contribution in [3.8, 4) is 0 Å². The number of carbonyl (C=O) groups is 1. The Hall–Kier alpha value is -1.62. The molecule has 0 aliphatic heterocycles. The highest BCUT2D eigenvalue weighted by atomic mass is 16.2. The van der Waals surface area contributed by atoms with Crippen LogP contribution in [0.15, 0.2) is 29.2 Å². The van der Waals surface area contributed by atoms with Crippen molar-refractivity contribution in [3.63, 3.8) is 0 Å². The first-order chi connectivity index (χ1) is 10.1. The van der Waals surface area contributed by atoms with Crippen LogP contribution in [0.3, 0.4) is 0 Å². The molecule has 3 rings (SSSR count). The van der Waals surface area contributed by atoms with Crippen LogP contribution in [0.25, 0.3) is 0 Å². The highest BCUT2D eigenvalue weighted by Crippen LogP contribution is 2.39. The largest absolute Gasteiger partial charge is 0.351 e. The Labute approximate surface area is 124 Å². The number of nitrogens with zero attached hydrogens (tertiary/aromatic N) is 1. The van der Waals surface area contributed by atoms with Crippen molar-refractivity contribution in [2.45, 2.75) is 50.7 Å². The summed E-state index contributed by atoms with van der Waals surface area (Å²) in [6, 6.07) is 5.45. The summed E-state index contributed by atoms with van der Waals surface area (Å²) in [5.41, 5.74) is 5.96. The van der Waals surface area contributed by atoms with Crippen LogP contribution in [0.2, 0.25) is 0 Å². The van der Waals surface area contributed by atoms with E-state index in [2.05, 4.69) is 5.32 Å². The summed E-state index contributed by atoms with van der Waals surface area (Å²) in [7, 11) is 0. The summed E-state index contributed by atoms with van der Waals surface area (Å²) in [5, 5.41) is 3.16. The van der Waals surface area contributed by atoms with Gasteiger partial charge in [-0.2, -0.15) is 0 Å². The lowest BCUT2D eigenvalue weighted by Gasteiger charge is -2.45. The average molecular weight is 289 g/mol. The van der Waals surface area contributed by atoms with Gasteiger partial charge >= 0.3 is 0 Å². The van der Waals surface area contributed by atoms with Gasteiger partial charge in [-0.05, 0) is 43.6 Å². The van der Waals surface area contributed by atoms with Gasteiger partial charge in [-0.15, -0.1) is 0 Å². The van der Waals surface area contributed by atoms with E-state index >= 15 is 0 Å². The molecule has 0 aromatic carbocycles. The Morgan fingerprint density at radius 2 is 2.00 bits per heavy atom. The predicted octanol–water partition coefficient (Wildman–Crippen LogP) is 0.870. The van der Waals surface area contributed by atoms with Crippen LogP contribution >= 0.6 is 0 Å². The Morgan fingerprint density at radius 3 is 2.67 bits per heavy atom. The molecule has 1 heterocycles. The van der Waals surface area contributed by atoms with Gasteiger partial charge in [0.25, 0.3) is 5.56 Å². The molecule has 2 bridgehead atoms. The molecule has 3 N–H and O–H groups in total. The molecule has 1 amide bonds. The third-order valence-electron chi connectivity index (χ3n) is 4.92. The lowest BCUT2D eigenvalue weighted by Crippen LogP contribution is -2.54. The van der Waals surface area contributed by atoms with Crippen LogP contribution in [-0.4, -0.2) is 22.6 Å². The van der Waals surface area contributed by atoms with Crippen molar-refractivity contribution in [2.24, 2.45) is 17.6 Å². The Morgan fingerprint density at radius 1 is 1.29 bits per heavy atom. The van der Waals surface area contributed by atoms with Gasteiger partial charge in [-0.25, -0.2) is 0 Å². The second kappa shape index (κ2) is 6.02. The third-order valence-corrected chi connectivity index (χ3v) is 4.92. The topological polar surface area (TPSA) is 77.1 Å². The fourth-order valence-electron chi connectivity index (χ4n) is 4.00. The second-order valence-corrected chi connectivity index (χ2v) is 6.44. The lowest BCUT2D eigenvalue weighted by molar-refractivity contribution is -0.124. The minimum absolute atomic E-state index is 0.0688. The molecule has 2 unspecified atom stereocenters. The number of fused-ring (bicyclic) bond motifs is 2. The molecule has 4 atom stereocenters. The summed E-state index contributed by atoms with van der Waals surface area (Å²) in [4.78, 5) is 23.9. The van der Waals surface area contributed by atoms with Gasteiger partial charge in [0.05, 0.1) is 0 Å². The van der Waals surface area contributed by atoms with Crippen LogP contribution in [0.4, 0.5) is 0 Å². The number of nitrogens with two attached hydrogens (primary N) is 1. The van der Waals surface area contributed by atoms with E-state index in [-0.39, 0.29) is 30.1 Å². The molecule has 5 heteroatoms. The summed E-state index contributed by atoms with van der Waals surface area (Å²) in [6.45, 7) is 0.0989. The summed E-state index contributed by atoms with van der Waals surface area (Å²) < 4.78 is 1.44. The normalized spacial score (nSPS) is 31.7. The Bertz CT molecular complexity index is 555. The van der Waals surface area contributed by atoms with Gasteiger partial charge in [0.15, 0.2) is 0 Å². The van der Waals surface area contributed by atoms with Gasteiger partial charge < -0.3 is 15.6 Å². The first-order valence-corrected chi connectivity index (χ1v) is 7.84. The van der Waals surface area contributed by atoms with E-state index in [9.17, 15) is 9.59 Å². The minimum atomic E-state index is -0.140. The van der Waals surface area contributed by atoms with E-state index in [0.29, 0.717) is 11.8 Å². The molecule has 0 spiro atoms. The van der Waals surface area contributed by atoms with Crippen LogP contribution in [0.1, 0.15) is 32.1 Å². The third kappa shape index (κ3) is 3.18. The van der Waals surface area contributed by atoms with Crippen molar-refractivity contribution in [2.75, 3.05) is 0 Å². The summed E-state index contributed by atoms with van der Waals surface area (Å²) in [5.74, 6) is 0.938. The van der Waals surface area contributed by atoms with Crippen molar-refractivity contribution >= 4 is 5.91 Å². The van der Waals surface area contributed by atoms with Crippen molar-refractivity contribution in [1.82, 2.24) is 9.88 Å². The number of hydrogen-bond donors (Lipinski definition) is 2. The van der Waals surface area contributed by atoms with Gasteiger partial charge in [0.2, 0.25) is 5.91 Å². The number of carbonyl (C=O) groups excluding carboxylic acids is 1. The zero-order valence-electron chi connectivity index (χ0n) is 12.2. The molecular weight excluding hydrogens is 266 g/mol. The first kappa shape index (κ1) is 14.3. The fraction of sp³-hybridized carbons (Fsp3) is 0.625. The van der Waals surface area contributed by atoms with E-state index in [4.69, 9.17) is 5.73 Å². The molecule has 1 aromatic rings. The van der Waals surface area contributed by atoms with Gasteiger partial charge in [0, 0.05) is 24.3 Å². The maximum Gasteiger partial charge on any atom is 0.250 e. The van der Waals surface area contributed by atoms with Crippen molar-refractivity contribution < 1.29 is 4.79 Å². The molecule has 2 aliphatic carbocycles. The van der Waals surface area contributed by atoms with Crippen molar-refractivity contribution in [3.05, 3.63) is 34.7 Å². The predicted molar refractivity (Wildman–Crippen MR) is 80.7 cm³/mol. The van der Waals surface area contributed by atoms with E-state index in [1.165, 1.54) is 17.1 Å². The highest BCUT2D eigenvalue weighted by molar-refractivity contribution is 5.76. The monoisotopic (exact) mass is 289 g/mol. The molecule has 2 fully saturated rings. The molecule has 0 saturated heterocycles. The average Bonchev–Trinajstić information content (AvgIpc) is 2.42. The number of pyridine rings is 1. The summed E-state index contributed by atoms with van der Waals surface area (Å²) >= 11 is 0. The summed E-state index contributed by atoms with van der Waals surface area (Å²) in [6.07, 6.45) is 7.21. The number of aromatic nitrogens is 1. The number of amides is 1. The van der Waals surface area contributed by atoms with E-state index in [1.54, 1.807) is 18.3 Å². The highest BCUT2D eigenvalue weighted by Gasteiger charge is 2.39. The van der Waals surface area contributed by atoms with E-state index < -0.39 is 0 Å². The Kier molecular flexibility index (Phi) is 4.10. The van der Waals surface area contributed by atoms with Gasteiger partial charge in [-0.1, -0.05) is 12.5 Å². The standard InChI is InChI=1S/C16H23N3O2/c17-13-8-11-4-3-5-12(9-13)16(11)18-14(20)10-19-7-2-1-6-15(19)21/h1-2,6-7,11-13,16H,3-5,8-10,17H2,(H,18,20)/t11-,12+,13?,16?. The zero-order valence-corrected chi connectivity index (χ0v) is 12.2. The van der Waals surface area contributed by atoms with Crippen LogP contribution in [0, 0.1) is 11.8 Å². The van der Waals surface area contributed by atoms with Gasteiger partial charge in [0.1, 0.15) is 6.54 Å². The van der Waals surface area contributed by atoms with E-state index in [1.807, 2.05) is 0 Å². The molecular formula is C16H23N3O2. The second-order valence-electron chi connectivity index (χ2n) is 6.44. The quantitative estimate of drug-likeness (QED) is 0.867. The minimum Gasteiger partial charge on any atom is -0.351 e. The van der Waals surface area contributed by atoms with Crippen molar-refractivity contribution in [1.29, 1.82) is 0 Å². The smallest absolute Gasteiger partial charge is 0.250 e. The van der Waals surface area contributed by atoms with E-state index in [0.717, 1.165) is 25.7 Å². The van der Waals surface area contributed by atoms with Crippen LogP contribution < -0.4 is 16.6 Å². The maximum absolute atomic E-state index is 12.2. The number of nitrogens with one attached hydrogen (secondary N) is 1. The lowest BCUT2D eigenvalue weighted by atomic mass is 9.67. The molecule has 2 saturated carbocycles. The zero-order chi connectivity index (χ0) is 14.8. The van der Waals surface area contributed by atoms with Crippen LogP contribution in [-0.2, 0) is 11.3 Å². The van der Waals surface area contributed by atoms with Gasteiger partial charge in [-0.3, -0.25) is 9.59 Å². The molecule has 1 aromatic heterocycles. The molecule has 0 radical (unpaired) electrons. The first-order valence-electron chi connectivity index (χ1n) is 7.84. The van der Waals surface area contributed by atoms with Crippen LogP contribution in [0.5, 0.6) is 0 Å². The Balaban J connectivity index is 1.65. The SMILES string of the molecule is NC1C[C@H]2CCC[C@@H](C1)C2NC(=O)Cn1ccccc1=O. The number of rotatable bonds is 3. The molecule has 2 aliphatic rings.